The molecule has 20 heavy (non-hydrogen) atoms. The van der Waals surface area contributed by atoms with Crippen molar-refractivity contribution in [2.45, 2.75) is 26.2 Å². The Balaban J connectivity index is 1.83. The molecule has 0 aromatic heterocycles. The van der Waals surface area contributed by atoms with E-state index < -0.39 is 0 Å². The second-order valence-electron chi connectivity index (χ2n) is 5.30. The van der Waals surface area contributed by atoms with Crippen molar-refractivity contribution < 1.29 is 9.53 Å². The molecule has 0 bridgehead atoms. The van der Waals surface area contributed by atoms with Crippen molar-refractivity contribution in [2.24, 2.45) is 0 Å². The van der Waals surface area contributed by atoms with Crippen LogP contribution in [0.2, 0.25) is 0 Å². The zero-order valence-electron chi connectivity index (χ0n) is 12.4. The first-order chi connectivity index (χ1) is 9.70. The number of benzene rings is 1. The molecule has 0 unspecified atom stereocenters. The summed E-state index contributed by atoms with van der Waals surface area (Å²) in [5.41, 5.74) is 2.43. The van der Waals surface area contributed by atoms with Crippen molar-refractivity contribution in [3.63, 3.8) is 0 Å². The molecule has 2 rings (SSSR count). The molecular weight excluding hydrogens is 252 g/mol. The second-order valence-corrected chi connectivity index (χ2v) is 5.30. The van der Waals surface area contributed by atoms with Crippen LogP contribution in [0.1, 0.15) is 24.0 Å². The normalized spacial score (nSPS) is 15.2. The van der Waals surface area contributed by atoms with E-state index in [1.807, 2.05) is 17.0 Å². The molecule has 1 aromatic carbocycles. The monoisotopic (exact) mass is 276 g/mol. The molecule has 1 saturated heterocycles. The average molecular weight is 276 g/mol. The molecule has 0 atom stereocenters. The number of ether oxygens (including phenoxy) is 1. The first-order valence-electron chi connectivity index (χ1n) is 7.32. The average Bonchev–Trinajstić information content (AvgIpc) is 2.48. The van der Waals surface area contributed by atoms with E-state index in [0.29, 0.717) is 6.42 Å². The van der Waals surface area contributed by atoms with E-state index >= 15 is 0 Å². The fourth-order valence-corrected chi connectivity index (χ4v) is 2.61. The third kappa shape index (κ3) is 3.97. The lowest BCUT2D eigenvalue weighted by atomic mass is 10.0. The standard InChI is InChI=1S/C16H24N2O2/c1-13-6-7-15(20-2)14(12-13)4-3-5-16(19)18-10-8-17-9-11-18/h6-7,12,17H,3-5,8-11H2,1-2H3. The molecule has 0 aliphatic carbocycles. The summed E-state index contributed by atoms with van der Waals surface area (Å²) >= 11 is 0. The molecule has 0 saturated carbocycles. The Hall–Kier alpha value is -1.55. The molecule has 4 heteroatoms. The Morgan fingerprint density at radius 1 is 1.35 bits per heavy atom. The van der Waals surface area contributed by atoms with Crippen LogP contribution in [0.15, 0.2) is 18.2 Å². The lowest BCUT2D eigenvalue weighted by molar-refractivity contribution is -0.131. The van der Waals surface area contributed by atoms with Gasteiger partial charge in [0.05, 0.1) is 7.11 Å². The molecular formula is C16H24N2O2. The summed E-state index contributed by atoms with van der Waals surface area (Å²) in [5, 5.41) is 3.26. The molecule has 1 fully saturated rings. The number of piperazine rings is 1. The van der Waals surface area contributed by atoms with Crippen LogP contribution in [0, 0.1) is 6.92 Å². The van der Waals surface area contributed by atoms with Crippen molar-refractivity contribution in [1.82, 2.24) is 10.2 Å². The third-order valence-electron chi connectivity index (χ3n) is 3.74. The maximum Gasteiger partial charge on any atom is 0.222 e. The van der Waals surface area contributed by atoms with E-state index in [1.54, 1.807) is 7.11 Å². The van der Waals surface area contributed by atoms with Gasteiger partial charge in [0.2, 0.25) is 5.91 Å². The topological polar surface area (TPSA) is 41.6 Å². The molecule has 0 radical (unpaired) electrons. The number of carbonyl (C=O) groups is 1. The summed E-state index contributed by atoms with van der Waals surface area (Å²) in [6.07, 6.45) is 2.39. The van der Waals surface area contributed by atoms with Crippen molar-refractivity contribution in [2.75, 3.05) is 33.3 Å². The Morgan fingerprint density at radius 3 is 2.80 bits per heavy atom. The van der Waals surface area contributed by atoms with Gasteiger partial charge in [0.25, 0.3) is 0 Å². The number of amides is 1. The van der Waals surface area contributed by atoms with Crippen molar-refractivity contribution in [3.05, 3.63) is 29.3 Å². The van der Waals surface area contributed by atoms with Crippen LogP contribution >= 0.6 is 0 Å². The van der Waals surface area contributed by atoms with Gasteiger partial charge in [-0.3, -0.25) is 4.79 Å². The lowest BCUT2D eigenvalue weighted by Gasteiger charge is -2.27. The van der Waals surface area contributed by atoms with Gasteiger partial charge in [0, 0.05) is 32.6 Å². The van der Waals surface area contributed by atoms with E-state index in [1.165, 1.54) is 11.1 Å². The fourth-order valence-electron chi connectivity index (χ4n) is 2.61. The highest BCUT2D eigenvalue weighted by atomic mass is 16.5. The number of methoxy groups -OCH3 is 1. The van der Waals surface area contributed by atoms with E-state index in [4.69, 9.17) is 4.74 Å². The number of nitrogens with zero attached hydrogens (tertiary/aromatic N) is 1. The van der Waals surface area contributed by atoms with E-state index in [-0.39, 0.29) is 5.91 Å². The SMILES string of the molecule is COc1ccc(C)cc1CCCC(=O)N1CCNCC1. The maximum atomic E-state index is 12.1. The van der Waals surface area contributed by atoms with Crippen LogP contribution in [0.5, 0.6) is 5.75 Å². The van der Waals surface area contributed by atoms with Crippen LogP contribution in [0.3, 0.4) is 0 Å². The first-order valence-corrected chi connectivity index (χ1v) is 7.32. The highest BCUT2D eigenvalue weighted by molar-refractivity contribution is 5.76. The number of carbonyl (C=O) groups excluding carboxylic acids is 1. The van der Waals surface area contributed by atoms with Gasteiger partial charge in [-0.25, -0.2) is 0 Å². The minimum atomic E-state index is 0.276. The molecule has 1 heterocycles. The lowest BCUT2D eigenvalue weighted by Crippen LogP contribution is -2.46. The Bertz CT molecular complexity index is 454. The largest absolute Gasteiger partial charge is 0.496 e. The van der Waals surface area contributed by atoms with Crippen LogP contribution in [0.25, 0.3) is 0 Å². The highest BCUT2D eigenvalue weighted by Gasteiger charge is 2.15. The Labute approximate surface area is 121 Å². The minimum absolute atomic E-state index is 0.276. The summed E-state index contributed by atoms with van der Waals surface area (Å²) in [5.74, 6) is 1.20. The molecule has 4 nitrogen and oxygen atoms in total. The Morgan fingerprint density at radius 2 is 2.10 bits per heavy atom. The summed E-state index contributed by atoms with van der Waals surface area (Å²) in [4.78, 5) is 14.0. The summed E-state index contributed by atoms with van der Waals surface area (Å²) < 4.78 is 5.37. The molecule has 1 aliphatic rings. The van der Waals surface area contributed by atoms with Crippen molar-refractivity contribution in [3.8, 4) is 5.75 Å². The van der Waals surface area contributed by atoms with E-state index in [2.05, 4.69) is 18.3 Å². The van der Waals surface area contributed by atoms with Gasteiger partial charge in [0.15, 0.2) is 0 Å². The van der Waals surface area contributed by atoms with Gasteiger partial charge < -0.3 is 15.0 Å². The van der Waals surface area contributed by atoms with Gasteiger partial charge >= 0.3 is 0 Å². The van der Waals surface area contributed by atoms with Crippen LogP contribution in [-0.4, -0.2) is 44.1 Å². The second kappa shape index (κ2) is 7.29. The van der Waals surface area contributed by atoms with E-state index in [0.717, 1.165) is 44.8 Å². The number of hydrogen-bond acceptors (Lipinski definition) is 3. The first kappa shape index (κ1) is 14.9. The third-order valence-corrected chi connectivity index (χ3v) is 3.74. The predicted octanol–water partition coefficient (Wildman–Crippen LogP) is 1.76. The number of rotatable bonds is 5. The van der Waals surface area contributed by atoms with Gasteiger partial charge in [-0.15, -0.1) is 0 Å². The smallest absolute Gasteiger partial charge is 0.222 e. The highest BCUT2D eigenvalue weighted by Crippen LogP contribution is 2.21. The van der Waals surface area contributed by atoms with Crippen LogP contribution < -0.4 is 10.1 Å². The molecule has 0 spiro atoms. The fraction of sp³-hybridized carbons (Fsp3) is 0.562. The van der Waals surface area contributed by atoms with Gasteiger partial charge in [0.1, 0.15) is 5.75 Å². The zero-order valence-corrected chi connectivity index (χ0v) is 12.4. The number of aryl methyl sites for hydroxylation is 2. The maximum absolute atomic E-state index is 12.1. The predicted molar refractivity (Wildman–Crippen MR) is 80.1 cm³/mol. The van der Waals surface area contributed by atoms with Crippen molar-refractivity contribution >= 4 is 5.91 Å². The minimum Gasteiger partial charge on any atom is -0.496 e. The molecule has 1 aromatic rings. The number of hydrogen-bond donors (Lipinski definition) is 1. The molecule has 1 aliphatic heterocycles. The van der Waals surface area contributed by atoms with Crippen LogP contribution in [-0.2, 0) is 11.2 Å². The molecule has 110 valence electrons. The Kier molecular flexibility index (Phi) is 5.41. The van der Waals surface area contributed by atoms with Gasteiger partial charge in [-0.05, 0) is 31.4 Å². The van der Waals surface area contributed by atoms with E-state index in [9.17, 15) is 4.79 Å². The van der Waals surface area contributed by atoms with Gasteiger partial charge in [-0.1, -0.05) is 17.7 Å². The van der Waals surface area contributed by atoms with Crippen molar-refractivity contribution in [1.29, 1.82) is 0 Å². The zero-order chi connectivity index (χ0) is 14.4. The summed E-state index contributed by atoms with van der Waals surface area (Å²) in [6, 6.07) is 6.20. The van der Waals surface area contributed by atoms with Gasteiger partial charge in [-0.2, -0.15) is 0 Å². The summed E-state index contributed by atoms with van der Waals surface area (Å²) in [6.45, 7) is 5.59. The quantitative estimate of drug-likeness (QED) is 0.891. The van der Waals surface area contributed by atoms with Crippen LogP contribution in [0.4, 0.5) is 0 Å². The molecule has 1 amide bonds. The molecule has 1 N–H and O–H groups in total. The number of nitrogens with one attached hydrogen (secondary N) is 1. The summed E-state index contributed by atoms with van der Waals surface area (Å²) in [7, 11) is 1.69.